The molecule has 6 nitrogen and oxygen atoms in total. The third-order valence-electron chi connectivity index (χ3n) is 2.00. The van der Waals surface area contributed by atoms with Gasteiger partial charge < -0.3 is 15.6 Å². The molecule has 2 aromatic heterocycles. The molecule has 0 atom stereocenters. The van der Waals surface area contributed by atoms with Crippen molar-refractivity contribution in [2.45, 2.75) is 6.54 Å². The number of hydrogen-bond acceptors (Lipinski definition) is 5. The van der Waals surface area contributed by atoms with Crippen molar-refractivity contribution in [3.63, 3.8) is 0 Å². The van der Waals surface area contributed by atoms with Crippen molar-refractivity contribution in [1.29, 1.82) is 0 Å². The summed E-state index contributed by atoms with van der Waals surface area (Å²) in [6.07, 6.45) is 1.49. The lowest BCUT2D eigenvalue weighted by atomic mass is 10.3. The summed E-state index contributed by atoms with van der Waals surface area (Å²) >= 11 is 5.84. The number of aromatic nitrogens is 2. The van der Waals surface area contributed by atoms with Crippen LogP contribution in [0, 0.1) is 0 Å². The first-order valence-corrected chi connectivity index (χ1v) is 5.14. The van der Waals surface area contributed by atoms with E-state index >= 15 is 0 Å². The van der Waals surface area contributed by atoms with Crippen molar-refractivity contribution in [3.8, 4) is 0 Å². The van der Waals surface area contributed by atoms with Crippen LogP contribution in [0.15, 0.2) is 28.9 Å². The molecule has 2 heterocycles. The number of amides is 1. The summed E-state index contributed by atoms with van der Waals surface area (Å²) in [7, 11) is 0. The third kappa shape index (κ3) is 2.73. The van der Waals surface area contributed by atoms with Crippen LogP contribution in [-0.2, 0) is 6.54 Å². The fourth-order valence-electron chi connectivity index (χ4n) is 1.20. The summed E-state index contributed by atoms with van der Waals surface area (Å²) in [5.41, 5.74) is 5.57. The van der Waals surface area contributed by atoms with Crippen molar-refractivity contribution < 1.29 is 9.32 Å². The van der Waals surface area contributed by atoms with Crippen LogP contribution in [0.1, 0.15) is 16.2 Å². The van der Waals surface area contributed by atoms with Gasteiger partial charge in [0.05, 0.1) is 17.8 Å². The molecular formula is C10H9ClN4O2. The molecule has 2 rings (SSSR count). The molecule has 0 saturated heterocycles. The van der Waals surface area contributed by atoms with E-state index in [0.717, 1.165) is 0 Å². The fraction of sp³-hybridized carbons (Fsp3) is 0.100. The molecule has 0 aliphatic heterocycles. The number of nitrogens with zero attached hydrogens (tertiary/aromatic N) is 2. The van der Waals surface area contributed by atoms with Gasteiger partial charge in [-0.25, -0.2) is 4.98 Å². The van der Waals surface area contributed by atoms with E-state index in [1.165, 1.54) is 18.3 Å². The van der Waals surface area contributed by atoms with Crippen LogP contribution in [0.4, 0.5) is 5.82 Å². The van der Waals surface area contributed by atoms with Crippen molar-refractivity contribution in [1.82, 2.24) is 15.5 Å². The van der Waals surface area contributed by atoms with Crippen molar-refractivity contribution >= 4 is 23.3 Å². The molecule has 88 valence electrons. The van der Waals surface area contributed by atoms with Gasteiger partial charge in [-0.3, -0.25) is 4.79 Å². The van der Waals surface area contributed by atoms with Gasteiger partial charge in [0.1, 0.15) is 11.5 Å². The molecule has 1 amide bonds. The zero-order chi connectivity index (χ0) is 12.3. The number of carbonyl (C=O) groups is 1. The average Bonchev–Trinajstić information content (AvgIpc) is 2.82. The van der Waals surface area contributed by atoms with Gasteiger partial charge in [0.15, 0.2) is 5.76 Å². The van der Waals surface area contributed by atoms with Gasteiger partial charge in [0.25, 0.3) is 5.91 Å². The molecule has 0 aliphatic rings. The minimum Gasteiger partial charge on any atom is -0.384 e. The summed E-state index contributed by atoms with van der Waals surface area (Å²) in [6.45, 7) is 0.214. The summed E-state index contributed by atoms with van der Waals surface area (Å²) in [6, 6.07) is 4.69. The number of halogens is 1. The molecule has 0 unspecified atom stereocenters. The largest absolute Gasteiger partial charge is 0.384 e. The second-order valence-electron chi connectivity index (χ2n) is 3.23. The highest BCUT2D eigenvalue weighted by molar-refractivity contribution is 6.33. The Kier molecular flexibility index (Phi) is 3.24. The SMILES string of the molecule is Nc1ccc(Cl)c(C(=O)NCc2ccno2)n1. The zero-order valence-corrected chi connectivity index (χ0v) is 9.44. The molecule has 0 aromatic carbocycles. The van der Waals surface area contributed by atoms with Gasteiger partial charge in [-0.15, -0.1) is 0 Å². The Morgan fingerprint density at radius 3 is 3.00 bits per heavy atom. The predicted molar refractivity (Wildman–Crippen MR) is 61.3 cm³/mol. The quantitative estimate of drug-likeness (QED) is 0.857. The monoisotopic (exact) mass is 252 g/mol. The lowest BCUT2D eigenvalue weighted by Crippen LogP contribution is -2.24. The van der Waals surface area contributed by atoms with E-state index in [-0.39, 0.29) is 23.1 Å². The van der Waals surface area contributed by atoms with Gasteiger partial charge >= 0.3 is 0 Å². The smallest absolute Gasteiger partial charge is 0.271 e. The number of nitrogen functional groups attached to an aromatic ring is 1. The predicted octanol–water partition coefficient (Wildman–Crippen LogP) is 1.24. The number of carbonyl (C=O) groups excluding carboxylic acids is 1. The Balaban J connectivity index is 2.07. The molecule has 0 aliphatic carbocycles. The Labute approximate surface area is 102 Å². The Hall–Kier alpha value is -2.08. The lowest BCUT2D eigenvalue weighted by Gasteiger charge is -2.04. The zero-order valence-electron chi connectivity index (χ0n) is 8.68. The van der Waals surface area contributed by atoms with Crippen LogP contribution in [0.5, 0.6) is 0 Å². The first-order chi connectivity index (χ1) is 8.16. The molecule has 0 saturated carbocycles. The van der Waals surface area contributed by atoms with Gasteiger partial charge in [0.2, 0.25) is 0 Å². The highest BCUT2D eigenvalue weighted by atomic mass is 35.5. The number of anilines is 1. The minimum absolute atomic E-state index is 0.0891. The van der Waals surface area contributed by atoms with Gasteiger partial charge in [-0.05, 0) is 12.1 Å². The Morgan fingerprint density at radius 1 is 1.47 bits per heavy atom. The standard InChI is InChI=1S/C10H9ClN4O2/c11-7-1-2-8(12)15-9(7)10(16)13-5-6-3-4-14-17-6/h1-4H,5H2,(H2,12,15)(H,13,16). The van der Waals surface area contributed by atoms with Crippen molar-refractivity contribution in [3.05, 3.63) is 40.9 Å². The Morgan fingerprint density at radius 2 is 2.29 bits per heavy atom. The Bertz CT molecular complexity index is 527. The van der Waals surface area contributed by atoms with Crippen LogP contribution in [0.3, 0.4) is 0 Å². The summed E-state index contributed by atoms with van der Waals surface area (Å²) in [5, 5.41) is 6.36. The molecule has 2 aromatic rings. The van der Waals surface area contributed by atoms with Gasteiger partial charge in [-0.1, -0.05) is 16.8 Å². The van der Waals surface area contributed by atoms with Crippen molar-refractivity contribution in [2.75, 3.05) is 5.73 Å². The summed E-state index contributed by atoms with van der Waals surface area (Å²) in [4.78, 5) is 15.6. The van der Waals surface area contributed by atoms with Crippen LogP contribution < -0.4 is 11.1 Å². The van der Waals surface area contributed by atoms with Crippen LogP contribution in [0.25, 0.3) is 0 Å². The molecule has 0 radical (unpaired) electrons. The number of nitrogens with two attached hydrogens (primary N) is 1. The minimum atomic E-state index is -0.418. The van der Waals surface area contributed by atoms with E-state index in [9.17, 15) is 4.79 Å². The highest BCUT2D eigenvalue weighted by Crippen LogP contribution is 2.15. The summed E-state index contributed by atoms with van der Waals surface area (Å²) < 4.78 is 4.83. The topological polar surface area (TPSA) is 94.0 Å². The summed E-state index contributed by atoms with van der Waals surface area (Å²) in [5.74, 6) is 0.358. The van der Waals surface area contributed by atoms with E-state index in [1.807, 2.05) is 0 Å². The van der Waals surface area contributed by atoms with Gasteiger partial charge in [-0.2, -0.15) is 0 Å². The number of nitrogens with one attached hydrogen (secondary N) is 1. The van der Waals surface area contributed by atoms with E-state index in [1.54, 1.807) is 6.07 Å². The van der Waals surface area contributed by atoms with E-state index in [4.69, 9.17) is 21.9 Å². The molecule has 0 fully saturated rings. The van der Waals surface area contributed by atoms with E-state index in [2.05, 4.69) is 15.5 Å². The lowest BCUT2D eigenvalue weighted by molar-refractivity contribution is 0.0942. The van der Waals surface area contributed by atoms with E-state index in [0.29, 0.717) is 5.76 Å². The number of pyridine rings is 1. The number of rotatable bonds is 3. The van der Waals surface area contributed by atoms with Gasteiger partial charge in [0, 0.05) is 6.07 Å². The fourth-order valence-corrected chi connectivity index (χ4v) is 1.39. The second kappa shape index (κ2) is 4.84. The maximum absolute atomic E-state index is 11.7. The molecule has 0 spiro atoms. The molecule has 7 heteroatoms. The molecule has 0 bridgehead atoms. The third-order valence-corrected chi connectivity index (χ3v) is 2.30. The maximum atomic E-state index is 11.7. The molecule has 17 heavy (non-hydrogen) atoms. The molecule has 3 N–H and O–H groups in total. The first-order valence-electron chi connectivity index (χ1n) is 4.76. The normalized spacial score (nSPS) is 10.2. The van der Waals surface area contributed by atoms with Crippen LogP contribution >= 0.6 is 11.6 Å². The molecular weight excluding hydrogens is 244 g/mol. The van der Waals surface area contributed by atoms with Crippen LogP contribution in [0.2, 0.25) is 5.02 Å². The number of hydrogen-bond donors (Lipinski definition) is 2. The second-order valence-corrected chi connectivity index (χ2v) is 3.64. The maximum Gasteiger partial charge on any atom is 0.271 e. The first kappa shape index (κ1) is 11.4. The highest BCUT2D eigenvalue weighted by Gasteiger charge is 2.12. The van der Waals surface area contributed by atoms with E-state index < -0.39 is 5.91 Å². The average molecular weight is 253 g/mol. The van der Waals surface area contributed by atoms with Crippen LogP contribution in [-0.4, -0.2) is 16.0 Å². The van der Waals surface area contributed by atoms with Crippen molar-refractivity contribution in [2.24, 2.45) is 0 Å².